The summed E-state index contributed by atoms with van der Waals surface area (Å²) in [7, 11) is 0. The third kappa shape index (κ3) is 5.97. The van der Waals surface area contributed by atoms with Crippen molar-refractivity contribution < 1.29 is 9.59 Å². The number of rotatable bonds is 8. The lowest BCUT2D eigenvalue weighted by atomic mass is 10.0. The topological polar surface area (TPSA) is 90.5 Å². The largest absolute Gasteiger partial charge is 0.314 e. The molecule has 0 aliphatic carbocycles. The molecule has 8 heteroatoms. The zero-order valence-corrected chi connectivity index (χ0v) is 22.7. The van der Waals surface area contributed by atoms with E-state index in [9.17, 15) is 9.59 Å². The average molecular weight is 517 g/mol. The van der Waals surface area contributed by atoms with Crippen molar-refractivity contribution in [1.29, 1.82) is 0 Å². The number of nitrogens with one attached hydrogen (secondary N) is 2. The van der Waals surface area contributed by atoms with E-state index in [1.54, 1.807) is 23.6 Å². The molecule has 38 heavy (non-hydrogen) atoms. The number of benzene rings is 2. The van der Waals surface area contributed by atoms with Gasteiger partial charge in [0, 0.05) is 49.8 Å². The highest BCUT2D eigenvalue weighted by Crippen LogP contribution is 2.35. The van der Waals surface area contributed by atoms with Gasteiger partial charge in [0.1, 0.15) is 0 Å². The standard InChI is InChI=1S/C30H40N6O2/c1-21(37)35(17-13-25-11-5-7-15-31-25)29-27-19-23-9-3-4-10-24(23)20-28(27)30(34-33-29)36(22(2)38)18-14-26-12-6-8-16-32-26/h3-4,9-10,19-20,25-26,31-32H,5-8,11-18H2,1-2H3. The summed E-state index contributed by atoms with van der Waals surface area (Å²) in [4.78, 5) is 29.3. The molecule has 2 aliphatic heterocycles. The molecule has 2 atom stereocenters. The molecule has 0 bridgehead atoms. The van der Waals surface area contributed by atoms with E-state index >= 15 is 0 Å². The highest BCUT2D eigenvalue weighted by atomic mass is 16.2. The van der Waals surface area contributed by atoms with Gasteiger partial charge < -0.3 is 10.6 Å². The zero-order chi connectivity index (χ0) is 26.5. The average Bonchev–Trinajstić information content (AvgIpc) is 2.93. The minimum atomic E-state index is -0.0517. The number of carbonyl (C=O) groups is 2. The molecule has 8 nitrogen and oxygen atoms in total. The summed E-state index contributed by atoms with van der Waals surface area (Å²) in [6.07, 6.45) is 8.85. The van der Waals surface area contributed by atoms with Gasteiger partial charge in [-0.2, -0.15) is 0 Å². The molecule has 5 rings (SSSR count). The van der Waals surface area contributed by atoms with Crippen LogP contribution >= 0.6 is 0 Å². The normalized spacial score (nSPS) is 19.9. The minimum Gasteiger partial charge on any atom is -0.314 e. The summed E-state index contributed by atoms with van der Waals surface area (Å²) in [5.41, 5.74) is 0. The maximum Gasteiger partial charge on any atom is 0.225 e. The fourth-order valence-corrected chi connectivity index (χ4v) is 5.95. The first-order chi connectivity index (χ1) is 18.5. The van der Waals surface area contributed by atoms with Gasteiger partial charge in [-0.25, -0.2) is 0 Å². The monoisotopic (exact) mass is 516 g/mol. The molecule has 2 amide bonds. The first kappa shape index (κ1) is 26.5. The number of hydrogen-bond donors (Lipinski definition) is 2. The van der Waals surface area contributed by atoms with E-state index in [0.717, 1.165) is 60.3 Å². The van der Waals surface area contributed by atoms with Gasteiger partial charge in [-0.05, 0) is 74.5 Å². The van der Waals surface area contributed by atoms with Gasteiger partial charge in [0.15, 0.2) is 11.6 Å². The van der Waals surface area contributed by atoms with Gasteiger partial charge in [0.2, 0.25) is 11.8 Å². The van der Waals surface area contributed by atoms with Crippen LogP contribution in [0.5, 0.6) is 0 Å². The van der Waals surface area contributed by atoms with Crippen LogP contribution in [0.2, 0.25) is 0 Å². The second kappa shape index (κ2) is 12.2. The van der Waals surface area contributed by atoms with Crippen LogP contribution in [0.15, 0.2) is 36.4 Å². The number of hydrogen-bond acceptors (Lipinski definition) is 6. The molecule has 0 radical (unpaired) electrons. The van der Waals surface area contributed by atoms with Crippen LogP contribution in [0, 0.1) is 0 Å². The quantitative estimate of drug-likeness (QED) is 0.427. The van der Waals surface area contributed by atoms with E-state index in [-0.39, 0.29) is 11.8 Å². The van der Waals surface area contributed by atoms with Crippen molar-refractivity contribution in [2.45, 2.75) is 77.3 Å². The van der Waals surface area contributed by atoms with E-state index in [0.29, 0.717) is 36.8 Å². The maximum absolute atomic E-state index is 12.9. The molecular weight excluding hydrogens is 476 g/mol. The highest BCUT2D eigenvalue weighted by Gasteiger charge is 2.25. The Kier molecular flexibility index (Phi) is 8.49. The van der Waals surface area contributed by atoms with Crippen molar-refractivity contribution in [3.8, 4) is 0 Å². The summed E-state index contributed by atoms with van der Waals surface area (Å²) in [6, 6.07) is 13.2. The van der Waals surface area contributed by atoms with Crippen molar-refractivity contribution >= 4 is 45.0 Å². The van der Waals surface area contributed by atoms with Gasteiger partial charge >= 0.3 is 0 Å². The fourth-order valence-electron chi connectivity index (χ4n) is 5.95. The molecule has 0 spiro atoms. The number of amides is 2. The Bertz CT molecular complexity index is 1180. The Labute approximate surface area is 225 Å². The van der Waals surface area contributed by atoms with Crippen LogP contribution in [-0.2, 0) is 9.59 Å². The van der Waals surface area contributed by atoms with Crippen molar-refractivity contribution in [2.24, 2.45) is 0 Å². The predicted octanol–water partition coefficient (Wildman–Crippen LogP) is 4.55. The number of fused-ring (bicyclic) bond motifs is 2. The van der Waals surface area contributed by atoms with Crippen LogP contribution in [0.4, 0.5) is 11.6 Å². The smallest absolute Gasteiger partial charge is 0.225 e. The third-order valence-corrected chi connectivity index (χ3v) is 8.11. The Morgan fingerprint density at radius 1 is 0.763 bits per heavy atom. The second-order valence-electron chi connectivity index (χ2n) is 10.8. The van der Waals surface area contributed by atoms with Crippen LogP contribution in [0.3, 0.4) is 0 Å². The van der Waals surface area contributed by atoms with Crippen LogP contribution in [-0.4, -0.2) is 60.3 Å². The molecule has 2 aliphatic rings. The number of carbonyl (C=O) groups excluding carboxylic acids is 2. The lowest BCUT2D eigenvalue weighted by Crippen LogP contribution is -2.40. The van der Waals surface area contributed by atoms with Gasteiger partial charge in [0.05, 0.1) is 0 Å². The van der Waals surface area contributed by atoms with Crippen molar-refractivity contribution in [1.82, 2.24) is 20.8 Å². The van der Waals surface area contributed by atoms with Crippen LogP contribution < -0.4 is 20.4 Å². The summed E-state index contributed by atoms with van der Waals surface area (Å²) in [6.45, 7) is 6.40. The first-order valence-electron chi connectivity index (χ1n) is 14.2. The predicted molar refractivity (Wildman–Crippen MR) is 154 cm³/mol. The van der Waals surface area contributed by atoms with Gasteiger partial charge in [-0.3, -0.25) is 19.4 Å². The lowest BCUT2D eigenvalue weighted by Gasteiger charge is -2.29. The van der Waals surface area contributed by atoms with Crippen molar-refractivity contribution in [3.63, 3.8) is 0 Å². The Hall–Kier alpha value is -3.10. The SMILES string of the molecule is CC(=O)N(CCC1CCCCN1)c1nnc(N(CCC2CCCCN2)C(C)=O)c2cc3ccccc3cc12. The zero-order valence-electron chi connectivity index (χ0n) is 22.7. The van der Waals surface area contributed by atoms with Gasteiger partial charge in [-0.1, -0.05) is 37.1 Å². The third-order valence-electron chi connectivity index (χ3n) is 8.11. The molecule has 0 saturated carbocycles. The van der Waals surface area contributed by atoms with Gasteiger partial charge in [0.25, 0.3) is 0 Å². The number of anilines is 2. The highest BCUT2D eigenvalue weighted by molar-refractivity contribution is 6.12. The summed E-state index contributed by atoms with van der Waals surface area (Å²) >= 11 is 0. The molecular formula is C30H40N6O2. The molecule has 3 heterocycles. The van der Waals surface area contributed by atoms with E-state index in [4.69, 9.17) is 0 Å². The molecule has 2 aromatic carbocycles. The molecule has 3 aromatic rings. The summed E-state index contributed by atoms with van der Waals surface area (Å²) < 4.78 is 0. The van der Waals surface area contributed by atoms with E-state index < -0.39 is 0 Å². The summed E-state index contributed by atoms with van der Waals surface area (Å²) in [5, 5.41) is 20.2. The molecule has 2 unspecified atom stereocenters. The van der Waals surface area contributed by atoms with Crippen molar-refractivity contribution in [2.75, 3.05) is 36.0 Å². The second-order valence-corrected chi connectivity index (χ2v) is 10.8. The molecule has 1 aromatic heterocycles. The van der Waals surface area contributed by atoms with Crippen LogP contribution in [0.1, 0.15) is 65.2 Å². The fraction of sp³-hybridized carbons (Fsp3) is 0.533. The Morgan fingerprint density at radius 2 is 1.21 bits per heavy atom. The van der Waals surface area contributed by atoms with Crippen LogP contribution in [0.25, 0.3) is 21.5 Å². The van der Waals surface area contributed by atoms with E-state index in [2.05, 4.69) is 45.1 Å². The number of aromatic nitrogens is 2. The Morgan fingerprint density at radius 3 is 1.58 bits per heavy atom. The van der Waals surface area contributed by atoms with Gasteiger partial charge in [-0.15, -0.1) is 10.2 Å². The van der Waals surface area contributed by atoms with E-state index in [1.165, 1.54) is 25.7 Å². The molecule has 2 saturated heterocycles. The minimum absolute atomic E-state index is 0.0517. The summed E-state index contributed by atoms with van der Waals surface area (Å²) in [5.74, 6) is 1.03. The van der Waals surface area contributed by atoms with Crippen molar-refractivity contribution in [3.05, 3.63) is 36.4 Å². The molecule has 2 N–H and O–H groups in total. The first-order valence-corrected chi connectivity index (χ1v) is 14.2. The number of nitrogens with zero attached hydrogens (tertiary/aromatic N) is 4. The molecule has 2 fully saturated rings. The lowest BCUT2D eigenvalue weighted by molar-refractivity contribution is -0.117. The maximum atomic E-state index is 12.9. The van der Waals surface area contributed by atoms with E-state index in [1.807, 2.05) is 12.1 Å². The molecule has 202 valence electrons. The number of piperidine rings is 2. The Balaban J connectivity index is 1.53.